The summed E-state index contributed by atoms with van der Waals surface area (Å²) in [5.41, 5.74) is 1.13. The Morgan fingerprint density at radius 1 is 1.18 bits per heavy atom. The van der Waals surface area contributed by atoms with Crippen molar-refractivity contribution >= 4 is 37.5 Å². The predicted molar refractivity (Wildman–Crippen MR) is 85.3 cm³/mol. The minimum atomic E-state index is -3.60. The Kier molecular flexibility index (Phi) is 4.94. The van der Waals surface area contributed by atoms with Gasteiger partial charge in [0.2, 0.25) is 10.0 Å². The van der Waals surface area contributed by atoms with Crippen molar-refractivity contribution in [3.8, 4) is 0 Å². The van der Waals surface area contributed by atoms with Crippen molar-refractivity contribution < 1.29 is 17.6 Å². The predicted octanol–water partition coefficient (Wildman–Crippen LogP) is 2.63. The molecule has 0 aliphatic carbocycles. The smallest absolute Gasteiger partial charge is 0.256 e. The number of carbonyl (C=O) groups is 1. The third kappa shape index (κ3) is 4.62. The lowest BCUT2D eigenvalue weighted by molar-refractivity contribution is 0.102. The van der Waals surface area contributed by atoms with Gasteiger partial charge in [-0.25, -0.2) is 17.9 Å². The van der Waals surface area contributed by atoms with Gasteiger partial charge in [0, 0.05) is 10.2 Å². The van der Waals surface area contributed by atoms with Gasteiger partial charge < -0.3 is 5.32 Å². The number of primary sulfonamides is 1. The molecule has 2 aromatic carbocycles. The molecule has 0 bridgehead atoms. The second kappa shape index (κ2) is 6.55. The number of halogens is 2. The van der Waals surface area contributed by atoms with Crippen molar-refractivity contribution in [3.63, 3.8) is 0 Å². The number of benzene rings is 2. The Morgan fingerprint density at radius 3 is 2.41 bits per heavy atom. The van der Waals surface area contributed by atoms with Crippen molar-refractivity contribution in [2.24, 2.45) is 5.14 Å². The average molecular weight is 387 g/mol. The van der Waals surface area contributed by atoms with Gasteiger partial charge in [0.25, 0.3) is 5.91 Å². The van der Waals surface area contributed by atoms with E-state index in [4.69, 9.17) is 5.14 Å². The summed E-state index contributed by atoms with van der Waals surface area (Å²) in [5, 5.41) is 7.55. The Morgan fingerprint density at radius 2 is 1.82 bits per heavy atom. The molecule has 0 radical (unpaired) electrons. The maximum atomic E-state index is 13.2. The molecule has 0 aromatic heterocycles. The molecule has 0 fully saturated rings. The SMILES string of the molecule is NS(=O)(=O)Cc1ccc(NC(=O)c2cc(F)ccc2Br)cc1. The van der Waals surface area contributed by atoms with Crippen molar-refractivity contribution in [2.45, 2.75) is 5.75 Å². The highest BCUT2D eigenvalue weighted by molar-refractivity contribution is 9.10. The van der Waals surface area contributed by atoms with Crippen molar-refractivity contribution in [1.82, 2.24) is 0 Å². The number of amides is 1. The maximum Gasteiger partial charge on any atom is 0.256 e. The summed E-state index contributed by atoms with van der Waals surface area (Å²) in [5.74, 6) is -1.28. The number of rotatable bonds is 4. The number of nitrogens with two attached hydrogens (primary N) is 1. The van der Waals surface area contributed by atoms with E-state index < -0.39 is 21.7 Å². The molecular formula is C14H12BrFN2O3S. The number of carbonyl (C=O) groups excluding carboxylic acids is 1. The van der Waals surface area contributed by atoms with Crippen LogP contribution in [0.4, 0.5) is 10.1 Å². The normalized spacial score (nSPS) is 11.2. The zero-order chi connectivity index (χ0) is 16.3. The Hall–Kier alpha value is -1.77. The van der Waals surface area contributed by atoms with Crippen LogP contribution in [0.5, 0.6) is 0 Å². The molecule has 2 rings (SSSR count). The third-order valence-electron chi connectivity index (χ3n) is 2.75. The topological polar surface area (TPSA) is 89.3 Å². The standard InChI is InChI=1S/C14H12BrFN2O3S/c15-13-6-3-10(16)7-12(13)14(19)18-11-4-1-9(2-5-11)8-22(17,20)21/h1-7H,8H2,(H,18,19)(H2,17,20,21). The summed E-state index contributed by atoms with van der Waals surface area (Å²) in [6.45, 7) is 0. The van der Waals surface area contributed by atoms with Gasteiger partial charge in [-0.1, -0.05) is 12.1 Å². The molecule has 0 aliphatic rings. The monoisotopic (exact) mass is 386 g/mol. The first kappa shape index (κ1) is 16.6. The number of hydrogen-bond donors (Lipinski definition) is 2. The van der Waals surface area contributed by atoms with Crippen molar-refractivity contribution in [1.29, 1.82) is 0 Å². The molecule has 0 unspecified atom stereocenters. The Labute approximate surface area is 135 Å². The van der Waals surface area contributed by atoms with Crippen LogP contribution in [0.1, 0.15) is 15.9 Å². The van der Waals surface area contributed by atoms with Crippen molar-refractivity contribution in [2.75, 3.05) is 5.32 Å². The summed E-state index contributed by atoms with van der Waals surface area (Å²) in [7, 11) is -3.60. The average Bonchev–Trinajstić information content (AvgIpc) is 2.42. The first-order chi connectivity index (χ1) is 10.2. The van der Waals surface area contributed by atoms with Crippen LogP contribution in [-0.4, -0.2) is 14.3 Å². The van der Waals surface area contributed by atoms with Crippen LogP contribution < -0.4 is 10.5 Å². The summed E-state index contributed by atoms with van der Waals surface area (Å²) >= 11 is 3.18. The molecule has 0 atom stereocenters. The van der Waals surface area contributed by atoms with E-state index in [1.54, 1.807) is 24.3 Å². The summed E-state index contributed by atoms with van der Waals surface area (Å²) in [6, 6.07) is 9.98. The molecule has 0 spiro atoms. The van der Waals surface area contributed by atoms with Gasteiger partial charge in [-0.3, -0.25) is 4.79 Å². The van der Waals surface area contributed by atoms with E-state index in [1.165, 1.54) is 12.1 Å². The minimum Gasteiger partial charge on any atom is -0.322 e. The lowest BCUT2D eigenvalue weighted by atomic mass is 10.2. The molecule has 116 valence electrons. The fourth-order valence-electron chi connectivity index (χ4n) is 1.79. The van der Waals surface area contributed by atoms with Gasteiger partial charge in [0.1, 0.15) is 5.82 Å². The molecule has 22 heavy (non-hydrogen) atoms. The number of anilines is 1. The largest absolute Gasteiger partial charge is 0.322 e. The van der Waals surface area contributed by atoms with E-state index >= 15 is 0 Å². The van der Waals surface area contributed by atoms with E-state index in [-0.39, 0.29) is 11.3 Å². The second-order valence-corrected chi connectivity index (χ2v) is 7.05. The molecule has 1 amide bonds. The highest BCUT2D eigenvalue weighted by atomic mass is 79.9. The lowest BCUT2D eigenvalue weighted by Gasteiger charge is -2.08. The van der Waals surface area contributed by atoms with Crippen molar-refractivity contribution in [3.05, 3.63) is 63.9 Å². The molecule has 8 heteroatoms. The second-order valence-electron chi connectivity index (χ2n) is 4.58. The minimum absolute atomic E-state index is 0.161. The first-order valence-corrected chi connectivity index (χ1v) is 8.61. The molecule has 0 saturated carbocycles. The van der Waals surface area contributed by atoms with Gasteiger partial charge in [0.15, 0.2) is 0 Å². The van der Waals surface area contributed by atoms with Crippen LogP contribution >= 0.6 is 15.9 Å². The zero-order valence-corrected chi connectivity index (χ0v) is 13.6. The Balaban J connectivity index is 2.14. The van der Waals surface area contributed by atoms with E-state index in [2.05, 4.69) is 21.2 Å². The van der Waals surface area contributed by atoms with Crippen LogP contribution in [0.3, 0.4) is 0 Å². The van der Waals surface area contributed by atoms with Crippen LogP contribution in [0, 0.1) is 5.82 Å². The lowest BCUT2D eigenvalue weighted by Crippen LogP contribution is -2.15. The summed E-state index contributed by atoms with van der Waals surface area (Å²) in [6.07, 6.45) is 0. The van der Waals surface area contributed by atoms with E-state index in [1.807, 2.05) is 0 Å². The van der Waals surface area contributed by atoms with Crippen LogP contribution in [0.15, 0.2) is 46.9 Å². The van der Waals surface area contributed by atoms with Gasteiger partial charge in [0.05, 0.1) is 11.3 Å². The molecule has 0 aliphatic heterocycles. The summed E-state index contributed by atoms with van der Waals surface area (Å²) in [4.78, 5) is 12.1. The molecular weight excluding hydrogens is 375 g/mol. The number of nitrogens with one attached hydrogen (secondary N) is 1. The van der Waals surface area contributed by atoms with Gasteiger partial charge in [-0.2, -0.15) is 0 Å². The quantitative estimate of drug-likeness (QED) is 0.845. The fraction of sp³-hybridized carbons (Fsp3) is 0.0714. The first-order valence-electron chi connectivity index (χ1n) is 6.10. The molecule has 3 N–H and O–H groups in total. The third-order valence-corrected chi connectivity index (χ3v) is 4.18. The number of sulfonamides is 1. The maximum absolute atomic E-state index is 13.2. The molecule has 5 nitrogen and oxygen atoms in total. The highest BCUT2D eigenvalue weighted by Gasteiger charge is 2.12. The van der Waals surface area contributed by atoms with Gasteiger partial charge in [-0.15, -0.1) is 0 Å². The Bertz CT molecular complexity index is 807. The molecule has 0 heterocycles. The van der Waals surface area contributed by atoms with Crippen LogP contribution in [0.2, 0.25) is 0 Å². The van der Waals surface area contributed by atoms with Crippen LogP contribution in [0.25, 0.3) is 0 Å². The van der Waals surface area contributed by atoms with Gasteiger partial charge >= 0.3 is 0 Å². The van der Waals surface area contributed by atoms with E-state index in [9.17, 15) is 17.6 Å². The van der Waals surface area contributed by atoms with E-state index in [0.717, 1.165) is 6.07 Å². The zero-order valence-electron chi connectivity index (χ0n) is 11.2. The summed E-state index contributed by atoms with van der Waals surface area (Å²) < 4.78 is 35.6. The molecule has 2 aromatic rings. The highest BCUT2D eigenvalue weighted by Crippen LogP contribution is 2.20. The number of hydrogen-bond acceptors (Lipinski definition) is 3. The molecule has 0 saturated heterocycles. The van der Waals surface area contributed by atoms with Crippen LogP contribution in [-0.2, 0) is 15.8 Å². The van der Waals surface area contributed by atoms with E-state index in [0.29, 0.717) is 15.7 Å². The van der Waals surface area contributed by atoms with Gasteiger partial charge in [-0.05, 0) is 51.8 Å². The fourth-order valence-corrected chi connectivity index (χ4v) is 2.87.